The van der Waals surface area contributed by atoms with E-state index in [9.17, 15) is 4.79 Å². The van der Waals surface area contributed by atoms with Gasteiger partial charge in [0.15, 0.2) is 0 Å². The molecule has 4 nitrogen and oxygen atoms in total. The van der Waals surface area contributed by atoms with Crippen molar-refractivity contribution >= 4 is 34.9 Å². The number of hydrogen-bond donors (Lipinski definition) is 3. The van der Waals surface area contributed by atoms with Crippen LogP contribution in [0.1, 0.15) is 25.0 Å². The summed E-state index contributed by atoms with van der Waals surface area (Å²) in [6.45, 7) is 3.07. The van der Waals surface area contributed by atoms with Crippen LogP contribution >= 0.6 is 12.4 Å². The molecule has 3 rings (SSSR count). The van der Waals surface area contributed by atoms with Crippen LogP contribution in [0.2, 0.25) is 0 Å². The zero-order chi connectivity index (χ0) is 13.2. The maximum Gasteiger partial charge on any atom is 0.225 e. The van der Waals surface area contributed by atoms with Crippen LogP contribution in [0.15, 0.2) is 24.3 Å². The Bertz CT molecular complexity index is 602. The number of hydrogen-bond acceptors (Lipinski definition) is 2. The largest absolute Gasteiger partial charge is 0.359 e. The molecule has 5 heteroatoms. The maximum atomic E-state index is 12.0. The molecule has 0 saturated carbocycles. The smallest absolute Gasteiger partial charge is 0.225 e. The summed E-state index contributed by atoms with van der Waals surface area (Å²) in [5, 5.41) is 7.45. The highest BCUT2D eigenvalue weighted by Gasteiger charge is 2.17. The zero-order valence-electron chi connectivity index (χ0n) is 11.5. The van der Waals surface area contributed by atoms with Crippen LogP contribution in [0, 0.1) is 6.92 Å². The third-order valence-corrected chi connectivity index (χ3v) is 3.63. The van der Waals surface area contributed by atoms with Crippen LogP contribution in [-0.2, 0) is 4.79 Å². The lowest BCUT2D eigenvalue weighted by molar-refractivity contribution is -0.116. The van der Waals surface area contributed by atoms with Crippen molar-refractivity contribution in [2.75, 3.05) is 11.9 Å². The van der Waals surface area contributed by atoms with E-state index < -0.39 is 0 Å². The molecule has 1 amide bonds. The van der Waals surface area contributed by atoms with E-state index in [0.717, 1.165) is 35.2 Å². The Morgan fingerprint density at radius 1 is 1.40 bits per heavy atom. The molecule has 1 unspecified atom stereocenters. The second-order valence-corrected chi connectivity index (χ2v) is 5.30. The van der Waals surface area contributed by atoms with E-state index in [1.165, 1.54) is 6.42 Å². The molecule has 1 aliphatic rings. The number of carbonyl (C=O) groups excluding carboxylic acids is 1. The number of carbonyl (C=O) groups is 1. The molecule has 20 heavy (non-hydrogen) atoms. The average Bonchev–Trinajstić information content (AvgIpc) is 2.96. The number of amides is 1. The molecule has 1 aromatic heterocycles. The van der Waals surface area contributed by atoms with Gasteiger partial charge in [-0.2, -0.15) is 0 Å². The van der Waals surface area contributed by atoms with Gasteiger partial charge < -0.3 is 15.6 Å². The fraction of sp³-hybridized carbons (Fsp3) is 0.400. The second-order valence-electron chi connectivity index (χ2n) is 5.30. The van der Waals surface area contributed by atoms with Crippen LogP contribution in [-0.4, -0.2) is 23.5 Å². The topological polar surface area (TPSA) is 56.9 Å². The fourth-order valence-electron chi connectivity index (χ4n) is 2.72. The number of benzene rings is 1. The highest BCUT2D eigenvalue weighted by molar-refractivity contribution is 5.94. The Hall–Kier alpha value is -1.52. The van der Waals surface area contributed by atoms with Crippen LogP contribution in [0.3, 0.4) is 0 Å². The van der Waals surface area contributed by atoms with Gasteiger partial charge >= 0.3 is 0 Å². The molecule has 0 bridgehead atoms. The van der Waals surface area contributed by atoms with E-state index in [2.05, 4.69) is 21.7 Å². The van der Waals surface area contributed by atoms with Gasteiger partial charge in [0, 0.05) is 34.7 Å². The molecular formula is C15H20ClN3O. The summed E-state index contributed by atoms with van der Waals surface area (Å²) in [4.78, 5) is 15.2. The molecule has 1 aliphatic heterocycles. The molecule has 0 aliphatic carbocycles. The van der Waals surface area contributed by atoms with Gasteiger partial charge in [-0.1, -0.05) is 0 Å². The minimum absolute atomic E-state index is 0. The first-order valence-corrected chi connectivity index (χ1v) is 6.83. The highest BCUT2D eigenvalue weighted by atomic mass is 35.5. The third-order valence-electron chi connectivity index (χ3n) is 3.63. The van der Waals surface area contributed by atoms with Crippen LogP contribution in [0.5, 0.6) is 0 Å². The number of rotatable bonds is 3. The molecule has 1 aromatic carbocycles. The predicted octanol–water partition coefficient (Wildman–Crippen LogP) is 2.98. The Labute approximate surface area is 124 Å². The lowest BCUT2D eigenvalue weighted by Crippen LogP contribution is -2.27. The quantitative estimate of drug-likeness (QED) is 0.815. The first-order valence-electron chi connectivity index (χ1n) is 6.83. The molecule has 0 spiro atoms. The lowest BCUT2D eigenvalue weighted by Gasteiger charge is -2.10. The van der Waals surface area contributed by atoms with Crippen molar-refractivity contribution in [3.63, 3.8) is 0 Å². The number of aromatic amines is 1. The molecule has 2 aromatic rings. The summed E-state index contributed by atoms with van der Waals surface area (Å²) in [5.41, 5.74) is 3.11. The number of H-pyrrole nitrogens is 1. The summed E-state index contributed by atoms with van der Waals surface area (Å²) in [6, 6.07) is 8.39. The first-order chi connectivity index (χ1) is 9.20. The standard InChI is InChI=1S/C15H19N3O.ClH/c1-10-7-11-8-13(4-5-14(11)17-10)18-15(19)9-12-3-2-6-16-12;/h4-5,7-8,12,16-17H,2-3,6,9H2,1H3,(H,18,19);1H. The molecule has 2 heterocycles. The molecule has 1 saturated heterocycles. The number of aromatic nitrogens is 1. The second kappa shape index (κ2) is 6.29. The van der Waals surface area contributed by atoms with Crippen LogP contribution < -0.4 is 10.6 Å². The average molecular weight is 294 g/mol. The normalized spacial score (nSPS) is 17.9. The van der Waals surface area contributed by atoms with Gasteiger partial charge in [-0.3, -0.25) is 4.79 Å². The number of halogens is 1. The van der Waals surface area contributed by atoms with E-state index in [1.807, 2.05) is 25.1 Å². The van der Waals surface area contributed by atoms with Gasteiger partial charge in [0.1, 0.15) is 0 Å². The number of nitrogens with one attached hydrogen (secondary N) is 3. The van der Waals surface area contributed by atoms with Gasteiger partial charge in [0.05, 0.1) is 0 Å². The van der Waals surface area contributed by atoms with Crippen molar-refractivity contribution in [2.24, 2.45) is 0 Å². The molecule has 1 atom stereocenters. The van der Waals surface area contributed by atoms with E-state index in [-0.39, 0.29) is 18.3 Å². The van der Waals surface area contributed by atoms with Crippen molar-refractivity contribution in [1.29, 1.82) is 0 Å². The molecular weight excluding hydrogens is 274 g/mol. The summed E-state index contributed by atoms with van der Waals surface area (Å²) >= 11 is 0. The summed E-state index contributed by atoms with van der Waals surface area (Å²) < 4.78 is 0. The van der Waals surface area contributed by atoms with Crippen molar-refractivity contribution in [2.45, 2.75) is 32.2 Å². The van der Waals surface area contributed by atoms with E-state index in [4.69, 9.17) is 0 Å². The van der Waals surface area contributed by atoms with Crippen LogP contribution in [0.4, 0.5) is 5.69 Å². The third kappa shape index (κ3) is 3.32. The van der Waals surface area contributed by atoms with E-state index >= 15 is 0 Å². The van der Waals surface area contributed by atoms with Crippen molar-refractivity contribution in [3.05, 3.63) is 30.0 Å². The first kappa shape index (κ1) is 14.9. The summed E-state index contributed by atoms with van der Waals surface area (Å²) in [5.74, 6) is 0.0889. The van der Waals surface area contributed by atoms with Crippen molar-refractivity contribution in [3.8, 4) is 0 Å². The molecule has 108 valence electrons. The number of fused-ring (bicyclic) bond motifs is 1. The zero-order valence-corrected chi connectivity index (χ0v) is 12.3. The van der Waals surface area contributed by atoms with Crippen molar-refractivity contribution < 1.29 is 4.79 Å². The van der Waals surface area contributed by atoms with Gasteiger partial charge in [-0.25, -0.2) is 0 Å². The Kier molecular flexibility index (Phi) is 4.68. The molecule has 1 fully saturated rings. The fourth-order valence-corrected chi connectivity index (χ4v) is 2.72. The van der Waals surface area contributed by atoms with Gasteiger partial charge in [-0.05, 0) is 50.6 Å². The minimum atomic E-state index is 0. The summed E-state index contributed by atoms with van der Waals surface area (Å²) in [7, 11) is 0. The van der Waals surface area contributed by atoms with Gasteiger partial charge in [0.2, 0.25) is 5.91 Å². The lowest BCUT2D eigenvalue weighted by atomic mass is 10.1. The maximum absolute atomic E-state index is 12.0. The van der Waals surface area contributed by atoms with E-state index in [0.29, 0.717) is 12.5 Å². The molecule has 0 radical (unpaired) electrons. The number of aryl methyl sites for hydroxylation is 1. The van der Waals surface area contributed by atoms with Crippen molar-refractivity contribution in [1.82, 2.24) is 10.3 Å². The SMILES string of the molecule is Cc1cc2cc(NC(=O)CC3CCCN3)ccc2[nH]1.Cl. The monoisotopic (exact) mass is 293 g/mol. The Morgan fingerprint density at radius 2 is 2.25 bits per heavy atom. The van der Waals surface area contributed by atoms with Crippen LogP contribution in [0.25, 0.3) is 10.9 Å². The minimum Gasteiger partial charge on any atom is -0.359 e. The Morgan fingerprint density at radius 3 is 3.00 bits per heavy atom. The highest BCUT2D eigenvalue weighted by Crippen LogP contribution is 2.20. The molecule has 3 N–H and O–H groups in total. The Balaban J connectivity index is 0.00000147. The summed E-state index contributed by atoms with van der Waals surface area (Å²) in [6.07, 6.45) is 2.83. The predicted molar refractivity (Wildman–Crippen MR) is 84.6 cm³/mol. The van der Waals surface area contributed by atoms with E-state index in [1.54, 1.807) is 0 Å². The van der Waals surface area contributed by atoms with Gasteiger partial charge in [-0.15, -0.1) is 12.4 Å². The number of anilines is 1. The van der Waals surface area contributed by atoms with Gasteiger partial charge in [0.25, 0.3) is 0 Å².